The van der Waals surface area contributed by atoms with Crippen molar-refractivity contribution in [2.45, 2.75) is 52.1 Å². The highest BCUT2D eigenvalue weighted by Gasteiger charge is 2.34. The molecule has 0 bridgehead atoms. The predicted molar refractivity (Wildman–Crippen MR) is 92.5 cm³/mol. The summed E-state index contributed by atoms with van der Waals surface area (Å²) in [6, 6.07) is 0.912. The minimum atomic E-state index is 0. The van der Waals surface area contributed by atoms with Gasteiger partial charge in [-0.3, -0.25) is 9.79 Å². The van der Waals surface area contributed by atoms with Crippen molar-refractivity contribution in [1.82, 2.24) is 15.5 Å². The van der Waals surface area contributed by atoms with E-state index in [0.29, 0.717) is 18.5 Å². The Balaban J connectivity index is 0.00000200. The second kappa shape index (κ2) is 8.05. The number of carbonyl (C=O) groups excluding carboxylic acids is 1. The topological polar surface area (TPSA) is 56.7 Å². The van der Waals surface area contributed by atoms with Gasteiger partial charge in [0.05, 0.1) is 0 Å². The van der Waals surface area contributed by atoms with Crippen LogP contribution in [0.1, 0.15) is 40.0 Å². The standard InChI is InChI=1S/C14H26N4O.HI/c1-4-13(19)18-7-6-11(9-18)16-14(15-5-2)17-12-8-10(12)3;/h10-12H,4-9H2,1-3H3,(H2,15,16,17);1H. The zero-order valence-corrected chi connectivity index (χ0v) is 15.0. The fraction of sp³-hybridized carbons (Fsp3) is 0.857. The van der Waals surface area contributed by atoms with Gasteiger partial charge in [0, 0.05) is 38.1 Å². The first-order valence-electron chi connectivity index (χ1n) is 7.49. The second-order valence-corrected chi connectivity index (χ2v) is 5.61. The molecule has 3 unspecified atom stereocenters. The van der Waals surface area contributed by atoms with Gasteiger partial charge >= 0.3 is 0 Å². The van der Waals surface area contributed by atoms with Gasteiger partial charge in [-0.15, -0.1) is 24.0 Å². The molecule has 6 heteroatoms. The maximum absolute atomic E-state index is 11.7. The molecule has 2 rings (SSSR count). The maximum atomic E-state index is 11.7. The Morgan fingerprint density at radius 2 is 2.05 bits per heavy atom. The summed E-state index contributed by atoms with van der Waals surface area (Å²) in [6.07, 6.45) is 2.84. The highest BCUT2D eigenvalue weighted by molar-refractivity contribution is 14.0. The van der Waals surface area contributed by atoms with Crippen molar-refractivity contribution in [1.29, 1.82) is 0 Å². The molecule has 20 heavy (non-hydrogen) atoms. The summed E-state index contributed by atoms with van der Waals surface area (Å²) in [5, 5.41) is 6.92. The molecule has 0 aromatic heterocycles. The summed E-state index contributed by atoms with van der Waals surface area (Å²) in [7, 11) is 0. The number of amides is 1. The van der Waals surface area contributed by atoms with E-state index in [9.17, 15) is 4.79 Å². The number of halogens is 1. The number of hydrogen-bond donors (Lipinski definition) is 2. The maximum Gasteiger partial charge on any atom is 0.222 e. The van der Waals surface area contributed by atoms with Crippen molar-refractivity contribution in [3.8, 4) is 0 Å². The number of carbonyl (C=O) groups is 1. The first-order valence-corrected chi connectivity index (χ1v) is 7.49. The van der Waals surface area contributed by atoms with Gasteiger partial charge in [-0.1, -0.05) is 13.8 Å². The molecule has 1 saturated carbocycles. The zero-order valence-electron chi connectivity index (χ0n) is 12.7. The molecule has 2 N–H and O–H groups in total. The SMILES string of the molecule is CCN=C(NC1CCN(C(=O)CC)C1)NC1CC1C.I. The molecular weight excluding hydrogens is 367 g/mol. The average Bonchev–Trinajstić information content (AvgIpc) is 2.90. The van der Waals surface area contributed by atoms with Gasteiger partial charge in [0.2, 0.25) is 5.91 Å². The second-order valence-electron chi connectivity index (χ2n) is 5.61. The predicted octanol–water partition coefficient (Wildman–Crippen LogP) is 1.58. The fourth-order valence-electron chi connectivity index (χ4n) is 2.51. The molecule has 0 radical (unpaired) electrons. The Morgan fingerprint density at radius 3 is 2.60 bits per heavy atom. The smallest absolute Gasteiger partial charge is 0.222 e. The number of likely N-dealkylation sites (tertiary alicyclic amines) is 1. The van der Waals surface area contributed by atoms with Crippen LogP contribution in [-0.2, 0) is 4.79 Å². The Hall–Kier alpha value is -0.530. The lowest BCUT2D eigenvalue weighted by atomic mass is 10.3. The van der Waals surface area contributed by atoms with E-state index >= 15 is 0 Å². The number of guanidine groups is 1. The number of hydrogen-bond acceptors (Lipinski definition) is 2. The van der Waals surface area contributed by atoms with Crippen LogP contribution in [0.4, 0.5) is 0 Å². The van der Waals surface area contributed by atoms with E-state index in [0.717, 1.165) is 37.9 Å². The van der Waals surface area contributed by atoms with Crippen molar-refractivity contribution in [3.05, 3.63) is 0 Å². The van der Waals surface area contributed by atoms with Gasteiger partial charge in [0.1, 0.15) is 0 Å². The number of aliphatic imine (C=N–C) groups is 1. The highest BCUT2D eigenvalue weighted by Crippen LogP contribution is 2.28. The molecule has 2 aliphatic rings. The van der Waals surface area contributed by atoms with E-state index in [1.54, 1.807) is 0 Å². The fourth-order valence-corrected chi connectivity index (χ4v) is 2.51. The molecule has 1 aliphatic heterocycles. The molecule has 116 valence electrons. The summed E-state index contributed by atoms with van der Waals surface area (Å²) in [5.41, 5.74) is 0. The molecule has 1 saturated heterocycles. The van der Waals surface area contributed by atoms with Crippen LogP contribution in [0.2, 0.25) is 0 Å². The molecule has 5 nitrogen and oxygen atoms in total. The zero-order chi connectivity index (χ0) is 13.8. The van der Waals surface area contributed by atoms with Crippen LogP contribution >= 0.6 is 24.0 Å². The third kappa shape index (κ3) is 4.79. The normalized spacial score (nSPS) is 28.9. The van der Waals surface area contributed by atoms with E-state index in [1.165, 1.54) is 6.42 Å². The van der Waals surface area contributed by atoms with Crippen LogP contribution in [0, 0.1) is 5.92 Å². The van der Waals surface area contributed by atoms with Crippen LogP contribution in [-0.4, -0.2) is 48.5 Å². The lowest BCUT2D eigenvalue weighted by molar-refractivity contribution is -0.129. The van der Waals surface area contributed by atoms with Crippen LogP contribution in [0.15, 0.2) is 4.99 Å². The lowest BCUT2D eigenvalue weighted by Crippen LogP contribution is -2.46. The van der Waals surface area contributed by atoms with Crippen molar-refractivity contribution in [3.63, 3.8) is 0 Å². The summed E-state index contributed by atoms with van der Waals surface area (Å²) < 4.78 is 0. The molecule has 2 fully saturated rings. The molecule has 0 aromatic rings. The monoisotopic (exact) mass is 394 g/mol. The molecule has 1 aliphatic carbocycles. The Bertz CT molecular complexity index is 361. The molecule has 0 spiro atoms. The summed E-state index contributed by atoms with van der Waals surface area (Å²) >= 11 is 0. The average molecular weight is 394 g/mol. The number of rotatable bonds is 4. The lowest BCUT2D eigenvalue weighted by Gasteiger charge is -2.19. The highest BCUT2D eigenvalue weighted by atomic mass is 127. The first kappa shape index (κ1) is 17.5. The van der Waals surface area contributed by atoms with Gasteiger partial charge in [0.25, 0.3) is 0 Å². The number of nitrogens with zero attached hydrogens (tertiary/aromatic N) is 2. The minimum Gasteiger partial charge on any atom is -0.353 e. The summed E-state index contributed by atoms with van der Waals surface area (Å²) in [6.45, 7) is 8.66. The molecule has 1 amide bonds. The van der Waals surface area contributed by atoms with Crippen LogP contribution in [0.3, 0.4) is 0 Å². The Labute approximate surface area is 139 Å². The molecular formula is C14H27IN4O. The van der Waals surface area contributed by atoms with Gasteiger partial charge in [-0.2, -0.15) is 0 Å². The van der Waals surface area contributed by atoms with Crippen molar-refractivity contribution >= 4 is 35.8 Å². The third-order valence-electron chi connectivity index (χ3n) is 3.93. The minimum absolute atomic E-state index is 0. The van der Waals surface area contributed by atoms with Crippen LogP contribution in [0.25, 0.3) is 0 Å². The third-order valence-corrected chi connectivity index (χ3v) is 3.93. The molecule has 3 atom stereocenters. The van der Waals surface area contributed by atoms with E-state index in [4.69, 9.17) is 0 Å². The van der Waals surface area contributed by atoms with Gasteiger partial charge in [-0.05, 0) is 25.7 Å². The van der Waals surface area contributed by atoms with Crippen molar-refractivity contribution < 1.29 is 4.79 Å². The Kier molecular flexibility index (Phi) is 7.05. The quantitative estimate of drug-likeness (QED) is 0.433. The number of nitrogens with one attached hydrogen (secondary N) is 2. The first-order chi connectivity index (χ1) is 9.13. The molecule has 0 aromatic carbocycles. The summed E-state index contributed by atoms with van der Waals surface area (Å²) in [5.74, 6) is 1.92. The van der Waals surface area contributed by atoms with Crippen molar-refractivity contribution in [2.75, 3.05) is 19.6 Å². The van der Waals surface area contributed by atoms with E-state index < -0.39 is 0 Å². The van der Waals surface area contributed by atoms with Gasteiger partial charge in [0.15, 0.2) is 5.96 Å². The van der Waals surface area contributed by atoms with Crippen molar-refractivity contribution in [2.24, 2.45) is 10.9 Å². The largest absolute Gasteiger partial charge is 0.353 e. The van der Waals surface area contributed by atoms with Gasteiger partial charge in [-0.25, -0.2) is 0 Å². The summed E-state index contributed by atoms with van der Waals surface area (Å²) in [4.78, 5) is 18.1. The van der Waals surface area contributed by atoms with Gasteiger partial charge < -0.3 is 15.5 Å². The van der Waals surface area contributed by atoms with Crippen LogP contribution in [0.5, 0.6) is 0 Å². The molecule has 1 heterocycles. The van der Waals surface area contributed by atoms with E-state index in [1.807, 2.05) is 18.7 Å². The van der Waals surface area contributed by atoms with E-state index in [-0.39, 0.29) is 29.9 Å². The van der Waals surface area contributed by atoms with Crippen LogP contribution < -0.4 is 10.6 Å². The van der Waals surface area contributed by atoms with E-state index in [2.05, 4.69) is 22.5 Å². The Morgan fingerprint density at radius 1 is 1.35 bits per heavy atom.